The van der Waals surface area contributed by atoms with Gasteiger partial charge >= 0.3 is 0 Å². The summed E-state index contributed by atoms with van der Waals surface area (Å²) in [6.07, 6.45) is 1.12. The van der Waals surface area contributed by atoms with Gasteiger partial charge in [0.15, 0.2) is 5.78 Å². The van der Waals surface area contributed by atoms with Crippen LogP contribution in [0, 0.1) is 11.3 Å². The van der Waals surface area contributed by atoms with E-state index in [0.717, 1.165) is 11.1 Å². The molecule has 0 bridgehead atoms. The average Bonchev–Trinajstić information content (AvgIpc) is 2.53. The van der Waals surface area contributed by atoms with Crippen LogP contribution in [-0.2, 0) is 6.42 Å². The number of hydrogen-bond acceptors (Lipinski definition) is 3. The quantitative estimate of drug-likeness (QED) is 0.618. The molecule has 2 aromatic carbocycles. The second kappa shape index (κ2) is 6.74. The third-order valence-electron chi connectivity index (χ3n) is 3.07. The van der Waals surface area contributed by atoms with Crippen LogP contribution in [-0.4, -0.2) is 11.2 Å². The van der Waals surface area contributed by atoms with Crippen LogP contribution in [0.5, 0.6) is 0 Å². The van der Waals surface area contributed by atoms with Gasteiger partial charge in [0.05, 0.1) is 11.6 Å². The van der Waals surface area contributed by atoms with Crippen LogP contribution in [0.4, 0.5) is 0 Å². The summed E-state index contributed by atoms with van der Waals surface area (Å²) in [6.45, 7) is 0. The predicted molar refractivity (Wildman–Crippen MR) is 83.0 cm³/mol. The third kappa shape index (κ3) is 3.59. The number of rotatable bonds is 5. The topological polar surface area (TPSA) is 40.9 Å². The number of hydrogen-bond donors (Lipinski definition) is 0. The van der Waals surface area contributed by atoms with Gasteiger partial charge in [-0.1, -0.05) is 48.6 Å². The van der Waals surface area contributed by atoms with Crippen molar-refractivity contribution >= 4 is 23.4 Å². The summed E-state index contributed by atoms with van der Waals surface area (Å²) in [7, 11) is 0. The number of thiocarbonyl (C=S) groups is 1. The molecule has 2 aromatic rings. The van der Waals surface area contributed by atoms with Crippen molar-refractivity contribution in [1.29, 1.82) is 5.26 Å². The van der Waals surface area contributed by atoms with Gasteiger partial charge in [0.1, 0.15) is 0 Å². The minimum Gasteiger partial charge on any atom is -0.294 e. The molecule has 0 saturated carbocycles. The third-order valence-corrected chi connectivity index (χ3v) is 3.34. The maximum absolute atomic E-state index is 12.1. The van der Waals surface area contributed by atoms with E-state index in [1.807, 2.05) is 30.3 Å². The van der Waals surface area contributed by atoms with Crippen LogP contribution in [0.3, 0.4) is 0 Å². The van der Waals surface area contributed by atoms with Crippen LogP contribution in [0.25, 0.3) is 0 Å². The smallest absolute Gasteiger partial charge is 0.163 e. The molecule has 20 heavy (non-hydrogen) atoms. The maximum atomic E-state index is 12.1. The summed E-state index contributed by atoms with van der Waals surface area (Å²) in [5.41, 5.74) is 3.22. The van der Waals surface area contributed by atoms with Crippen molar-refractivity contribution in [3.05, 3.63) is 70.8 Å². The summed E-state index contributed by atoms with van der Waals surface area (Å²) in [5, 5.41) is 10.5. The van der Waals surface area contributed by atoms with Gasteiger partial charge in [0, 0.05) is 17.4 Å². The van der Waals surface area contributed by atoms with E-state index in [1.165, 1.54) is 0 Å². The Morgan fingerprint density at radius 3 is 2.60 bits per heavy atom. The fraction of sp³-hybridized carbons (Fsp3) is 0.118. The van der Waals surface area contributed by atoms with Crippen LogP contribution >= 0.6 is 12.2 Å². The molecule has 0 heterocycles. The molecule has 0 aromatic heterocycles. The Kier molecular flexibility index (Phi) is 4.75. The highest BCUT2D eigenvalue weighted by Gasteiger charge is 2.07. The molecule has 0 saturated heterocycles. The van der Waals surface area contributed by atoms with E-state index < -0.39 is 0 Å². The first-order chi connectivity index (χ1) is 9.72. The second-order valence-corrected chi connectivity index (χ2v) is 4.71. The highest BCUT2D eigenvalue weighted by atomic mass is 32.1. The maximum Gasteiger partial charge on any atom is 0.163 e. The molecular formula is C17H13NOS. The summed E-state index contributed by atoms with van der Waals surface area (Å²) in [4.78, 5) is 12.1. The van der Waals surface area contributed by atoms with Gasteiger partial charge in [-0.15, -0.1) is 0 Å². The number of carbonyl (C=O) groups excluding carboxylic acids is 1. The average molecular weight is 279 g/mol. The molecule has 2 rings (SSSR count). The largest absolute Gasteiger partial charge is 0.294 e. The molecule has 0 aliphatic rings. The Morgan fingerprint density at radius 1 is 1.20 bits per heavy atom. The number of benzene rings is 2. The van der Waals surface area contributed by atoms with Crippen molar-refractivity contribution in [2.75, 3.05) is 0 Å². The molecule has 0 atom stereocenters. The summed E-state index contributed by atoms with van der Waals surface area (Å²) >= 11 is 4.85. The lowest BCUT2D eigenvalue weighted by Crippen LogP contribution is -2.01. The van der Waals surface area contributed by atoms with Crippen LogP contribution < -0.4 is 0 Å². The van der Waals surface area contributed by atoms with E-state index in [1.54, 1.807) is 29.6 Å². The highest BCUT2D eigenvalue weighted by molar-refractivity contribution is 7.79. The number of Topliss-reactive ketones (excluding diaryl/α,β-unsaturated/α-hetero) is 1. The summed E-state index contributed by atoms with van der Waals surface area (Å²) < 4.78 is 0. The molecule has 0 amide bonds. The first-order valence-electron chi connectivity index (χ1n) is 6.30. The van der Waals surface area contributed by atoms with Gasteiger partial charge in [0.2, 0.25) is 0 Å². The van der Waals surface area contributed by atoms with Crippen LogP contribution in [0.15, 0.2) is 48.5 Å². The molecule has 2 nitrogen and oxygen atoms in total. The first-order valence-corrected chi connectivity index (χ1v) is 6.77. The SMILES string of the molecule is N#Cc1cccc(C(=O)CCc2ccc(C=S)cc2)c1. The molecule has 0 unspecified atom stereocenters. The molecule has 98 valence electrons. The standard InChI is InChI=1S/C17H13NOS/c18-11-15-2-1-3-16(10-15)17(19)9-8-13-4-6-14(12-20)7-5-13/h1-7,10,12H,8-9H2. The zero-order valence-corrected chi connectivity index (χ0v) is 11.7. The normalized spacial score (nSPS) is 9.75. The lowest BCUT2D eigenvalue weighted by Gasteiger charge is -2.03. The summed E-state index contributed by atoms with van der Waals surface area (Å²) in [6, 6.07) is 16.7. The number of nitrogens with zero attached hydrogens (tertiary/aromatic N) is 1. The van der Waals surface area contributed by atoms with Crippen molar-refractivity contribution < 1.29 is 4.79 Å². The van der Waals surface area contributed by atoms with Crippen molar-refractivity contribution in [3.63, 3.8) is 0 Å². The van der Waals surface area contributed by atoms with Crippen molar-refractivity contribution in [2.24, 2.45) is 0 Å². The Balaban J connectivity index is 2.00. The van der Waals surface area contributed by atoms with Crippen molar-refractivity contribution in [3.8, 4) is 6.07 Å². The Hall–Kier alpha value is -2.31. The van der Waals surface area contributed by atoms with Gasteiger partial charge in [-0.05, 0) is 29.7 Å². The van der Waals surface area contributed by atoms with E-state index in [-0.39, 0.29) is 5.78 Å². The minimum atomic E-state index is 0.0565. The Bertz CT molecular complexity index is 668. The van der Waals surface area contributed by atoms with E-state index in [0.29, 0.717) is 24.0 Å². The van der Waals surface area contributed by atoms with E-state index in [4.69, 9.17) is 17.5 Å². The molecule has 0 fully saturated rings. The fourth-order valence-electron chi connectivity index (χ4n) is 1.93. The molecular weight excluding hydrogens is 266 g/mol. The zero-order valence-electron chi connectivity index (χ0n) is 10.9. The number of aryl methyl sites for hydroxylation is 1. The lowest BCUT2D eigenvalue weighted by atomic mass is 10.0. The monoisotopic (exact) mass is 279 g/mol. The number of carbonyl (C=O) groups is 1. The molecule has 0 aliphatic heterocycles. The van der Waals surface area contributed by atoms with Gasteiger partial charge in [0.25, 0.3) is 0 Å². The van der Waals surface area contributed by atoms with E-state index in [9.17, 15) is 4.79 Å². The van der Waals surface area contributed by atoms with Crippen LogP contribution in [0.2, 0.25) is 0 Å². The van der Waals surface area contributed by atoms with Crippen LogP contribution in [0.1, 0.15) is 33.5 Å². The summed E-state index contributed by atoms with van der Waals surface area (Å²) in [5.74, 6) is 0.0565. The Labute approximate surface area is 123 Å². The van der Waals surface area contributed by atoms with E-state index in [2.05, 4.69) is 0 Å². The molecule has 0 N–H and O–H groups in total. The lowest BCUT2D eigenvalue weighted by molar-refractivity contribution is 0.0983. The van der Waals surface area contributed by atoms with Crippen molar-refractivity contribution in [2.45, 2.75) is 12.8 Å². The fourth-order valence-corrected chi connectivity index (χ4v) is 2.08. The van der Waals surface area contributed by atoms with Gasteiger partial charge < -0.3 is 0 Å². The van der Waals surface area contributed by atoms with E-state index >= 15 is 0 Å². The van der Waals surface area contributed by atoms with Gasteiger partial charge in [-0.2, -0.15) is 5.26 Å². The molecule has 0 aliphatic carbocycles. The predicted octanol–water partition coefficient (Wildman–Crippen LogP) is 3.72. The minimum absolute atomic E-state index is 0.0565. The highest BCUT2D eigenvalue weighted by Crippen LogP contribution is 2.11. The molecule has 0 radical (unpaired) electrons. The molecule has 0 spiro atoms. The molecule has 3 heteroatoms. The first kappa shape index (κ1) is 14.1. The Morgan fingerprint density at radius 2 is 1.95 bits per heavy atom. The van der Waals surface area contributed by atoms with Gasteiger partial charge in [-0.3, -0.25) is 4.79 Å². The number of nitriles is 1. The van der Waals surface area contributed by atoms with Gasteiger partial charge in [-0.25, -0.2) is 0 Å². The number of ketones is 1. The van der Waals surface area contributed by atoms with Crippen molar-refractivity contribution in [1.82, 2.24) is 0 Å². The zero-order chi connectivity index (χ0) is 14.4. The second-order valence-electron chi connectivity index (χ2n) is 4.48.